The average molecular weight is 417 g/mol. The van der Waals surface area contributed by atoms with Gasteiger partial charge < -0.3 is 29.8 Å². The van der Waals surface area contributed by atoms with Gasteiger partial charge in [0, 0.05) is 31.1 Å². The number of benzene rings is 1. The number of anilines is 1. The minimum Gasteiger partial charge on any atom is -0.484 e. The van der Waals surface area contributed by atoms with Gasteiger partial charge in [-0.2, -0.15) is 0 Å². The maximum atomic E-state index is 12.7. The molecule has 9 nitrogen and oxygen atoms in total. The number of esters is 1. The summed E-state index contributed by atoms with van der Waals surface area (Å²) in [5, 5.41) is 5.40. The summed E-state index contributed by atoms with van der Waals surface area (Å²) in [6, 6.07) is 6.70. The Kier molecular flexibility index (Phi) is 8.42. The van der Waals surface area contributed by atoms with Crippen LogP contribution in [0.2, 0.25) is 0 Å². The van der Waals surface area contributed by atoms with Crippen LogP contribution < -0.4 is 15.4 Å². The summed E-state index contributed by atoms with van der Waals surface area (Å²) >= 11 is 0. The van der Waals surface area contributed by atoms with Gasteiger partial charge in [-0.1, -0.05) is 6.07 Å². The molecule has 0 spiro atoms. The molecule has 0 fully saturated rings. The van der Waals surface area contributed by atoms with Gasteiger partial charge in [0.2, 0.25) is 0 Å². The van der Waals surface area contributed by atoms with Crippen LogP contribution in [0.4, 0.5) is 5.69 Å². The standard InChI is InChI=1S/C21H27N3O6/c1-5-22-17(25)12-30-16-8-6-7-15(11-16)24-20(26)19-13(2)18(14(3)23-19)21(27)29-10-9-28-4/h6-8,11,23H,5,9-10,12H2,1-4H3,(H,22,25)(H,24,26). The fourth-order valence-corrected chi connectivity index (χ4v) is 2.83. The first-order valence-electron chi connectivity index (χ1n) is 9.53. The van der Waals surface area contributed by atoms with Gasteiger partial charge in [0.05, 0.1) is 12.2 Å². The number of nitrogens with one attached hydrogen (secondary N) is 3. The minimum absolute atomic E-state index is 0.116. The van der Waals surface area contributed by atoms with E-state index in [0.717, 1.165) is 0 Å². The lowest BCUT2D eigenvalue weighted by Gasteiger charge is -2.09. The van der Waals surface area contributed by atoms with Crippen molar-refractivity contribution in [2.45, 2.75) is 20.8 Å². The van der Waals surface area contributed by atoms with E-state index in [1.165, 1.54) is 7.11 Å². The Morgan fingerprint density at radius 2 is 1.90 bits per heavy atom. The molecule has 0 aliphatic rings. The van der Waals surface area contributed by atoms with E-state index in [0.29, 0.717) is 41.4 Å². The largest absolute Gasteiger partial charge is 0.484 e. The molecule has 0 saturated carbocycles. The van der Waals surface area contributed by atoms with E-state index in [2.05, 4.69) is 15.6 Å². The van der Waals surface area contributed by atoms with E-state index in [1.54, 1.807) is 38.1 Å². The van der Waals surface area contributed by atoms with Crippen molar-refractivity contribution in [2.24, 2.45) is 0 Å². The summed E-state index contributed by atoms with van der Waals surface area (Å²) in [5.41, 5.74) is 2.12. The van der Waals surface area contributed by atoms with Gasteiger partial charge in [0.15, 0.2) is 6.61 Å². The molecule has 0 aliphatic carbocycles. The molecule has 1 aromatic carbocycles. The van der Waals surface area contributed by atoms with Gasteiger partial charge in [0.1, 0.15) is 18.1 Å². The van der Waals surface area contributed by atoms with Gasteiger partial charge in [-0.25, -0.2) is 4.79 Å². The molecule has 0 saturated heterocycles. The number of aryl methyl sites for hydroxylation is 1. The minimum atomic E-state index is -0.516. The van der Waals surface area contributed by atoms with Gasteiger partial charge in [-0.05, 0) is 38.5 Å². The van der Waals surface area contributed by atoms with E-state index < -0.39 is 11.9 Å². The van der Waals surface area contributed by atoms with Gasteiger partial charge in [-0.3, -0.25) is 9.59 Å². The molecule has 2 rings (SSSR count). The third-order valence-electron chi connectivity index (χ3n) is 4.23. The van der Waals surface area contributed by atoms with Crippen molar-refractivity contribution < 1.29 is 28.6 Å². The van der Waals surface area contributed by atoms with Gasteiger partial charge >= 0.3 is 5.97 Å². The lowest BCUT2D eigenvalue weighted by molar-refractivity contribution is -0.122. The first-order valence-corrected chi connectivity index (χ1v) is 9.53. The van der Waals surface area contributed by atoms with Crippen LogP contribution in [-0.4, -0.2) is 56.2 Å². The molecular weight excluding hydrogens is 390 g/mol. The second-order valence-corrected chi connectivity index (χ2v) is 6.48. The van der Waals surface area contributed by atoms with Gasteiger partial charge in [0.25, 0.3) is 11.8 Å². The average Bonchev–Trinajstić information content (AvgIpc) is 3.01. The molecule has 2 aromatic rings. The number of ether oxygens (including phenoxy) is 3. The van der Waals surface area contributed by atoms with Gasteiger partial charge in [-0.15, -0.1) is 0 Å². The number of hydrogen-bond acceptors (Lipinski definition) is 6. The maximum absolute atomic E-state index is 12.7. The molecule has 1 heterocycles. The van der Waals surface area contributed by atoms with E-state index in [9.17, 15) is 14.4 Å². The molecule has 3 N–H and O–H groups in total. The van der Waals surface area contributed by atoms with Crippen LogP contribution in [0.5, 0.6) is 5.75 Å². The first kappa shape index (κ1) is 23.0. The Labute approximate surface area is 175 Å². The molecule has 1 aromatic heterocycles. The molecule has 30 heavy (non-hydrogen) atoms. The molecule has 0 aliphatic heterocycles. The number of methoxy groups -OCH3 is 1. The zero-order valence-corrected chi connectivity index (χ0v) is 17.6. The number of aromatic amines is 1. The van der Waals surface area contributed by atoms with E-state index in [1.807, 2.05) is 6.92 Å². The van der Waals surface area contributed by atoms with Crippen molar-refractivity contribution >= 4 is 23.5 Å². The molecule has 0 atom stereocenters. The Balaban J connectivity index is 2.07. The number of carbonyl (C=O) groups is 3. The number of likely N-dealkylation sites (N-methyl/N-ethyl adjacent to an activating group) is 1. The summed E-state index contributed by atoms with van der Waals surface area (Å²) in [4.78, 5) is 39.5. The van der Waals surface area contributed by atoms with E-state index in [-0.39, 0.29) is 24.8 Å². The monoisotopic (exact) mass is 417 g/mol. The zero-order chi connectivity index (χ0) is 22.1. The second kappa shape index (κ2) is 11.0. The Morgan fingerprint density at radius 3 is 2.60 bits per heavy atom. The fourth-order valence-electron chi connectivity index (χ4n) is 2.83. The molecule has 2 amide bonds. The number of amides is 2. The van der Waals surface area contributed by atoms with E-state index in [4.69, 9.17) is 14.2 Å². The highest BCUT2D eigenvalue weighted by Gasteiger charge is 2.23. The van der Waals surface area contributed by atoms with Crippen LogP contribution in [0.15, 0.2) is 24.3 Å². The lowest BCUT2D eigenvalue weighted by atomic mass is 10.1. The lowest BCUT2D eigenvalue weighted by Crippen LogP contribution is -2.28. The van der Waals surface area contributed by atoms with Crippen molar-refractivity contribution in [3.63, 3.8) is 0 Å². The van der Waals surface area contributed by atoms with Crippen molar-refractivity contribution in [1.82, 2.24) is 10.3 Å². The predicted octanol–water partition coefficient (Wildman–Crippen LogP) is 2.20. The van der Waals surface area contributed by atoms with Crippen molar-refractivity contribution in [2.75, 3.05) is 38.8 Å². The molecular formula is C21H27N3O6. The number of aromatic nitrogens is 1. The summed E-state index contributed by atoms with van der Waals surface area (Å²) < 4.78 is 15.5. The van der Waals surface area contributed by atoms with Crippen molar-refractivity contribution in [3.8, 4) is 5.75 Å². The molecule has 9 heteroatoms. The van der Waals surface area contributed by atoms with Crippen molar-refractivity contribution in [3.05, 3.63) is 46.8 Å². The molecule has 0 bridgehead atoms. The normalized spacial score (nSPS) is 10.4. The number of carbonyl (C=O) groups excluding carboxylic acids is 3. The zero-order valence-electron chi connectivity index (χ0n) is 17.6. The highest BCUT2D eigenvalue weighted by Crippen LogP contribution is 2.22. The summed E-state index contributed by atoms with van der Waals surface area (Å²) in [7, 11) is 1.52. The topological polar surface area (TPSA) is 119 Å². The maximum Gasteiger partial charge on any atom is 0.340 e. The van der Waals surface area contributed by atoms with Crippen LogP contribution in [0.1, 0.15) is 39.0 Å². The Morgan fingerprint density at radius 1 is 1.13 bits per heavy atom. The van der Waals surface area contributed by atoms with Crippen LogP contribution >= 0.6 is 0 Å². The predicted molar refractivity (Wildman–Crippen MR) is 111 cm³/mol. The number of hydrogen-bond donors (Lipinski definition) is 3. The molecule has 162 valence electrons. The smallest absolute Gasteiger partial charge is 0.340 e. The summed E-state index contributed by atoms with van der Waals surface area (Å²) in [6.45, 7) is 6.03. The third kappa shape index (κ3) is 6.08. The second-order valence-electron chi connectivity index (χ2n) is 6.48. The van der Waals surface area contributed by atoms with Crippen LogP contribution in [0, 0.1) is 13.8 Å². The Bertz CT molecular complexity index is 906. The molecule has 0 unspecified atom stereocenters. The van der Waals surface area contributed by atoms with Crippen LogP contribution in [-0.2, 0) is 14.3 Å². The van der Waals surface area contributed by atoms with Crippen LogP contribution in [0.3, 0.4) is 0 Å². The van der Waals surface area contributed by atoms with E-state index >= 15 is 0 Å². The molecule has 0 radical (unpaired) electrons. The number of rotatable bonds is 10. The highest BCUT2D eigenvalue weighted by molar-refractivity contribution is 6.06. The summed E-state index contributed by atoms with van der Waals surface area (Å²) in [6.07, 6.45) is 0. The Hall–Kier alpha value is -3.33. The van der Waals surface area contributed by atoms with Crippen molar-refractivity contribution in [1.29, 1.82) is 0 Å². The van der Waals surface area contributed by atoms with Crippen LogP contribution in [0.25, 0.3) is 0 Å². The quantitative estimate of drug-likeness (QED) is 0.403. The summed E-state index contributed by atoms with van der Waals surface area (Å²) in [5.74, 6) is -0.708. The third-order valence-corrected chi connectivity index (χ3v) is 4.23. The SMILES string of the molecule is CCNC(=O)COc1cccc(NC(=O)c2[nH]c(C)c(C(=O)OCCOC)c2C)c1. The highest BCUT2D eigenvalue weighted by atomic mass is 16.6. The number of H-pyrrole nitrogens is 1. The fraction of sp³-hybridized carbons (Fsp3) is 0.381. The first-order chi connectivity index (χ1) is 14.4.